The van der Waals surface area contributed by atoms with Crippen molar-refractivity contribution < 1.29 is 14.3 Å². The summed E-state index contributed by atoms with van der Waals surface area (Å²) in [5.74, 6) is 1.27. The fraction of sp³-hybridized carbons (Fsp3) is 0.588. The number of benzene rings is 1. The highest BCUT2D eigenvalue weighted by molar-refractivity contribution is 7.98. The van der Waals surface area contributed by atoms with Crippen molar-refractivity contribution in [3.05, 3.63) is 17.7 Å². The Morgan fingerprint density at radius 3 is 2.17 bits per heavy atom. The third-order valence-electron chi connectivity index (χ3n) is 3.77. The van der Waals surface area contributed by atoms with E-state index in [1.807, 2.05) is 39.2 Å². The summed E-state index contributed by atoms with van der Waals surface area (Å²) >= 11 is 1.61. The number of thioether (sulfide) groups is 1. The van der Waals surface area contributed by atoms with Crippen molar-refractivity contribution in [2.75, 3.05) is 27.5 Å². The fourth-order valence-corrected chi connectivity index (χ4v) is 2.77. The van der Waals surface area contributed by atoms with Crippen molar-refractivity contribution in [3.63, 3.8) is 0 Å². The second-order valence-electron chi connectivity index (χ2n) is 6.56. The van der Waals surface area contributed by atoms with Crippen LogP contribution in [0.25, 0.3) is 0 Å². The van der Waals surface area contributed by atoms with Crippen LogP contribution in [-0.2, 0) is 11.3 Å². The van der Waals surface area contributed by atoms with Gasteiger partial charge in [-0.15, -0.1) is 24.2 Å². The summed E-state index contributed by atoms with van der Waals surface area (Å²) in [5.41, 5.74) is 6.81. The number of carbonyl (C=O) groups is 1. The molecular formula is C17H29ClN2O3S. The van der Waals surface area contributed by atoms with Gasteiger partial charge in [-0.05, 0) is 29.4 Å². The first-order valence-corrected chi connectivity index (χ1v) is 8.67. The lowest BCUT2D eigenvalue weighted by Crippen LogP contribution is -2.48. The van der Waals surface area contributed by atoms with Gasteiger partial charge in [0.25, 0.3) is 0 Å². The predicted octanol–water partition coefficient (Wildman–Crippen LogP) is 3.18. The SMILES string of the molecule is COc1cc(CN(C)C(=O)[C@@H](N)C(C)(C)C)c(SC)cc1OC.Cl. The predicted molar refractivity (Wildman–Crippen MR) is 102 cm³/mol. The molecule has 0 unspecified atom stereocenters. The third kappa shape index (κ3) is 5.46. The summed E-state index contributed by atoms with van der Waals surface area (Å²) < 4.78 is 10.7. The molecule has 0 aromatic heterocycles. The Labute approximate surface area is 155 Å². The summed E-state index contributed by atoms with van der Waals surface area (Å²) in [7, 11) is 4.99. The van der Waals surface area contributed by atoms with Crippen LogP contribution in [0.5, 0.6) is 11.5 Å². The quantitative estimate of drug-likeness (QED) is 0.772. The van der Waals surface area contributed by atoms with Gasteiger partial charge in [0.2, 0.25) is 5.91 Å². The molecule has 0 aliphatic rings. The van der Waals surface area contributed by atoms with Crippen LogP contribution in [0, 0.1) is 5.41 Å². The van der Waals surface area contributed by atoms with E-state index in [2.05, 4.69) is 0 Å². The molecule has 7 heteroatoms. The van der Waals surface area contributed by atoms with Gasteiger partial charge in [-0.2, -0.15) is 0 Å². The number of hydrogen-bond donors (Lipinski definition) is 1. The monoisotopic (exact) mass is 376 g/mol. The minimum Gasteiger partial charge on any atom is -0.493 e. The number of nitrogens with two attached hydrogens (primary N) is 1. The number of rotatable bonds is 6. The fourth-order valence-electron chi connectivity index (χ4n) is 2.16. The highest BCUT2D eigenvalue weighted by Gasteiger charge is 2.30. The number of hydrogen-bond acceptors (Lipinski definition) is 5. The van der Waals surface area contributed by atoms with E-state index in [0.717, 1.165) is 10.5 Å². The summed E-state index contributed by atoms with van der Waals surface area (Å²) in [6.07, 6.45) is 1.99. The Bertz CT molecular complexity index is 562. The van der Waals surface area contributed by atoms with Gasteiger partial charge >= 0.3 is 0 Å². The van der Waals surface area contributed by atoms with Crippen LogP contribution in [0.3, 0.4) is 0 Å². The zero-order valence-electron chi connectivity index (χ0n) is 15.5. The van der Waals surface area contributed by atoms with E-state index in [4.69, 9.17) is 15.2 Å². The molecule has 0 bridgehead atoms. The van der Waals surface area contributed by atoms with Gasteiger partial charge in [-0.3, -0.25) is 4.79 Å². The normalized spacial score (nSPS) is 12.2. The van der Waals surface area contributed by atoms with E-state index in [0.29, 0.717) is 18.0 Å². The van der Waals surface area contributed by atoms with Crippen LogP contribution < -0.4 is 15.2 Å². The standard InChI is InChI=1S/C17H28N2O3S.ClH/c1-17(2,3)15(18)16(20)19(4)10-11-8-12(21-5)13(22-6)9-14(11)23-7;/h8-9,15H,10,18H2,1-7H3;1H/t15-;/m1./s1. The largest absolute Gasteiger partial charge is 0.493 e. The van der Waals surface area contributed by atoms with Gasteiger partial charge in [-0.1, -0.05) is 20.8 Å². The first-order valence-electron chi connectivity index (χ1n) is 7.45. The van der Waals surface area contributed by atoms with Crippen molar-refractivity contribution >= 4 is 30.1 Å². The lowest BCUT2D eigenvalue weighted by Gasteiger charge is -2.30. The van der Waals surface area contributed by atoms with Crippen LogP contribution in [0.15, 0.2) is 17.0 Å². The molecule has 1 atom stereocenters. The van der Waals surface area contributed by atoms with E-state index in [9.17, 15) is 4.79 Å². The Hall–Kier alpha value is -1.11. The van der Waals surface area contributed by atoms with E-state index < -0.39 is 6.04 Å². The Kier molecular flexibility index (Phi) is 8.96. The summed E-state index contributed by atoms with van der Waals surface area (Å²) in [6.45, 7) is 6.37. The minimum atomic E-state index is -0.537. The van der Waals surface area contributed by atoms with Gasteiger partial charge in [0.15, 0.2) is 11.5 Å². The molecule has 0 aliphatic heterocycles. The summed E-state index contributed by atoms with van der Waals surface area (Å²) in [5, 5.41) is 0. The third-order valence-corrected chi connectivity index (χ3v) is 4.59. The Morgan fingerprint density at radius 1 is 1.25 bits per heavy atom. The number of likely N-dealkylation sites (N-methyl/N-ethyl adjacent to an activating group) is 1. The second kappa shape index (κ2) is 9.39. The number of nitrogens with zero attached hydrogens (tertiary/aromatic N) is 1. The van der Waals surface area contributed by atoms with Gasteiger partial charge in [0.05, 0.1) is 20.3 Å². The van der Waals surface area contributed by atoms with Crippen molar-refractivity contribution in [2.24, 2.45) is 11.1 Å². The van der Waals surface area contributed by atoms with Crippen molar-refractivity contribution in [2.45, 2.75) is 38.3 Å². The average molecular weight is 377 g/mol. The highest BCUT2D eigenvalue weighted by Crippen LogP contribution is 2.35. The molecule has 0 heterocycles. The maximum Gasteiger partial charge on any atom is 0.240 e. The maximum atomic E-state index is 12.5. The molecule has 1 aromatic rings. The summed E-state index contributed by atoms with van der Waals surface area (Å²) in [4.78, 5) is 15.2. The molecule has 0 saturated heterocycles. The van der Waals surface area contributed by atoms with E-state index in [-0.39, 0.29) is 23.7 Å². The number of ether oxygens (including phenoxy) is 2. The molecule has 0 radical (unpaired) electrons. The highest BCUT2D eigenvalue weighted by atomic mass is 35.5. The van der Waals surface area contributed by atoms with Crippen LogP contribution >= 0.6 is 24.2 Å². The molecule has 24 heavy (non-hydrogen) atoms. The Balaban J connectivity index is 0.00000529. The minimum absolute atomic E-state index is 0. The summed E-state index contributed by atoms with van der Waals surface area (Å²) in [6, 6.07) is 3.31. The average Bonchev–Trinajstić information content (AvgIpc) is 2.51. The van der Waals surface area contributed by atoms with Gasteiger partial charge in [0, 0.05) is 18.5 Å². The van der Waals surface area contributed by atoms with E-state index >= 15 is 0 Å². The van der Waals surface area contributed by atoms with E-state index in [1.54, 1.807) is 37.9 Å². The number of carbonyl (C=O) groups excluding carboxylic acids is 1. The molecule has 138 valence electrons. The first kappa shape index (κ1) is 22.9. The van der Waals surface area contributed by atoms with Gasteiger partial charge in [0.1, 0.15) is 0 Å². The van der Waals surface area contributed by atoms with Crippen molar-refractivity contribution in [1.82, 2.24) is 4.90 Å². The topological polar surface area (TPSA) is 64.8 Å². The van der Waals surface area contributed by atoms with Crippen molar-refractivity contribution in [1.29, 1.82) is 0 Å². The first-order chi connectivity index (χ1) is 10.6. The molecule has 5 nitrogen and oxygen atoms in total. The van der Waals surface area contributed by atoms with E-state index in [1.165, 1.54) is 0 Å². The maximum absolute atomic E-state index is 12.5. The molecule has 0 fully saturated rings. The zero-order valence-corrected chi connectivity index (χ0v) is 17.1. The van der Waals surface area contributed by atoms with Crippen molar-refractivity contribution in [3.8, 4) is 11.5 Å². The molecule has 0 aliphatic carbocycles. The smallest absolute Gasteiger partial charge is 0.240 e. The zero-order chi connectivity index (χ0) is 17.8. The molecular weight excluding hydrogens is 348 g/mol. The molecule has 1 aromatic carbocycles. The number of amides is 1. The van der Waals surface area contributed by atoms with Crippen LogP contribution in [0.4, 0.5) is 0 Å². The van der Waals surface area contributed by atoms with Gasteiger partial charge < -0.3 is 20.1 Å². The van der Waals surface area contributed by atoms with Gasteiger partial charge in [-0.25, -0.2) is 0 Å². The molecule has 1 rings (SSSR count). The molecule has 2 N–H and O–H groups in total. The molecule has 0 spiro atoms. The van der Waals surface area contributed by atoms with Crippen LogP contribution in [0.2, 0.25) is 0 Å². The lowest BCUT2D eigenvalue weighted by atomic mass is 9.86. The molecule has 0 saturated carbocycles. The number of methoxy groups -OCH3 is 2. The lowest BCUT2D eigenvalue weighted by molar-refractivity contribution is -0.134. The Morgan fingerprint density at radius 2 is 1.75 bits per heavy atom. The molecule has 1 amide bonds. The van der Waals surface area contributed by atoms with Crippen LogP contribution in [0.1, 0.15) is 26.3 Å². The second-order valence-corrected chi connectivity index (χ2v) is 7.41. The van der Waals surface area contributed by atoms with Crippen LogP contribution in [-0.4, -0.2) is 44.4 Å². The number of halogens is 1.